The van der Waals surface area contributed by atoms with Crippen molar-refractivity contribution in [3.63, 3.8) is 0 Å². The molecule has 8 heteroatoms. The Balaban J connectivity index is 3.63. The van der Waals surface area contributed by atoms with Gasteiger partial charge in [0.25, 0.3) is 0 Å². The number of hydrogen-bond acceptors (Lipinski definition) is 2. The van der Waals surface area contributed by atoms with Gasteiger partial charge in [0.2, 0.25) is 0 Å². The van der Waals surface area contributed by atoms with E-state index >= 15 is 0 Å². The maximum atomic E-state index is 12.5. The third-order valence-electron chi connectivity index (χ3n) is 1.93. The summed E-state index contributed by atoms with van der Waals surface area (Å²) in [6.45, 7) is 0. The Labute approximate surface area is 92.0 Å². The van der Waals surface area contributed by atoms with E-state index in [1.807, 2.05) is 0 Å². The number of methoxy groups -OCH3 is 1. The first-order valence-corrected chi connectivity index (χ1v) is 4.19. The van der Waals surface area contributed by atoms with Gasteiger partial charge in [0.05, 0.1) is 12.7 Å². The van der Waals surface area contributed by atoms with E-state index in [9.17, 15) is 26.3 Å². The largest absolute Gasteiger partial charge is 0.496 e. The molecule has 0 radical (unpaired) electrons. The van der Waals surface area contributed by atoms with Crippen LogP contribution in [0.2, 0.25) is 0 Å². The molecule has 1 rings (SSSR count). The maximum Gasteiger partial charge on any atom is 0.420 e. The van der Waals surface area contributed by atoms with Gasteiger partial charge in [0, 0.05) is 11.8 Å². The second-order valence-corrected chi connectivity index (χ2v) is 3.14. The van der Waals surface area contributed by atoms with E-state index < -0.39 is 34.9 Å². The smallest absolute Gasteiger partial charge is 0.420 e. The van der Waals surface area contributed by atoms with E-state index in [0.29, 0.717) is 6.07 Å². The van der Waals surface area contributed by atoms with Gasteiger partial charge in [-0.25, -0.2) is 0 Å². The summed E-state index contributed by atoms with van der Waals surface area (Å²) >= 11 is 0. The van der Waals surface area contributed by atoms with Gasteiger partial charge in [-0.2, -0.15) is 26.3 Å². The van der Waals surface area contributed by atoms with E-state index in [0.717, 1.165) is 7.11 Å². The topological polar surface area (TPSA) is 35.2 Å². The van der Waals surface area contributed by atoms with Gasteiger partial charge in [-0.15, -0.1) is 0 Å². The van der Waals surface area contributed by atoms with Crippen molar-refractivity contribution in [3.05, 3.63) is 23.3 Å². The highest BCUT2D eigenvalue weighted by molar-refractivity contribution is 5.55. The molecule has 1 aromatic rings. The fourth-order valence-electron chi connectivity index (χ4n) is 1.31. The predicted molar refractivity (Wildman–Crippen MR) is 47.4 cm³/mol. The van der Waals surface area contributed by atoms with E-state index in [-0.39, 0.29) is 6.07 Å². The molecular formula is C9H7F6NO. The normalized spacial score (nSPS) is 12.6. The maximum absolute atomic E-state index is 12.5. The lowest BCUT2D eigenvalue weighted by molar-refractivity contribution is -0.162. The summed E-state index contributed by atoms with van der Waals surface area (Å²) in [6.07, 6.45) is -10.3. The Morgan fingerprint density at radius 1 is 1.00 bits per heavy atom. The van der Waals surface area contributed by atoms with Gasteiger partial charge < -0.3 is 10.5 Å². The molecule has 1 aromatic carbocycles. The molecule has 0 bridgehead atoms. The van der Waals surface area contributed by atoms with Crippen LogP contribution in [-0.2, 0) is 12.4 Å². The fraction of sp³-hybridized carbons (Fsp3) is 0.333. The molecule has 0 aromatic heterocycles. The molecule has 0 saturated heterocycles. The van der Waals surface area contributed by atoms with Crippen molar-refractivity contribution >= 4 is 5.69 Å². The zero-order valence-corrected chi connectivity index (χ0v) is 8.41. The number of benzene rings is 1. The summed E-state index contributed by atoms with van der Waals surface area (Å²) < 4.78 is 79.3. The minimum absolute atomic E-state index is 0.228. The van der Waals surface area contributed by atoms with Crippen molar-refractivity contribution in [2.24, 2.45) is 0 Å². The van der Waals surface area contributed by atoms with Crippen molar-refractivity contribution in [1.82, 2.24) is 0 Å². The number of rotatable bonds is 1. The highest BCUT2D eigenvalue weighted by atomic mass is 19.4. The van der Waals surface area contributed by atoms with Crippen molar-refractivity contribution in [3.8, 4) is 5.75 Å². The lowest BCUT2D eigenvalue weighted by atomic mass is 10.0. The molecular weight excluding hydrogens is 252 g/mol. The standard InChI is InChI=1S/C9H7F6NO/c1-17-6-3-4(16)2-5(8(10,11)12)7(6)9(13,14)15/h2-3H,16H2,1H3. The molecule has 2 nitrogen and oxygen atoms in total. The summed E-state index contributed by atoms with van der Waals surface area (Å²) in [5.41, 5.74) is 0.907. The quantitative estimate of drug-likeness (QED) is 0.620. The molecule has 96 valence electrons. The van der Waals surface area contributed by atoms with E-state index in [1.165, 1.54) is 0 Å². The molecule has 0 fully saturated rings. The van der Waals surface area contributed by atoms with Crippen molar-refractivity contribution in [2.45, 2.75) is 12.4 Å². The molecule has 0 atom stereocenters. The summed E-state index contributed by atoms with van der Waals surface area (Å²) in [6, 6.07) is 0.920. The van der Waals surface area contributed by atoms with Gasteiger partial charge in [0.15, 0.2) is 0 Å². The first-order valence-electron chi connectivity index (χ1n) is 4.19. The number of hydrogen-bond donors (Lipinski definition) is 1. The Morgan fingerprint density at radius 3 is 1.88 bits per heavy atom. The fourth-order valence-corrected chi connectivity index (χ4v) is 1.31. The van der Waals surface area contributed by atoms with Crippen LogP contribution in [0.25, 0.3) is 0 Å². The number of alkyl halides is 6. The molecule has 17 heavy (non-hydrogen) atoms. The highest BCUT2D eigenvalue weighted by Gasteiger charge is 2.45. The molecule has 0 spiro atoms. The van der Waals surface area contributed by atoms with Crippen molar-refractivity contribution < 1.29 is 31.1 Å². The van der Waals surface area contributed by atoms with Gasteiger partial charge in [-0.3, -0.25) is 0 Å². The second-order valence-electron chi connectivity index (χ2n) is 3.14. The highest BCUT2D eigenvalue weighted by Crippen LogP contribution is 2.45. The Kier molecular flexibility index (Phi) is 3.17. The molecule has 0 heterocycles. The number of halogens is 6. The lowest BCUT2D eigenvalue weighted by Crippen LogP contribution is -2.18. The van der Waals surface area contributed by atoms with Crippen LogP contribution >= 0.6 is 0 Å². The van der Waals surface area contributed by atoms with Gasteiger partial charge in [0.1, 0.15) is 11.3 Å². The summed E-state index contributed by atoms with van der Waals surface area (Å²) in [4.78, 5) is 0. The minimum Gasteiger partial charge on any atom is -0.496 e. The first-order chi connectivity index (χ1) is 7.57. The number of nitrogen functional groups attached to an aromatic ring is 1. The van der Waals surface area contributed by atoms with E-state index in [2.05, 4.69) is 4.74 Å². The third-order valence-corrected chi connectivity index (χ3v) is 1.93. The monoisotopic (exact) mass is 259 g/mol. The molecule has 0 aliphatic rings. The molecule has 0 unspecified atom stereocenters. The van der Waals surface area contributed by atoms with Crippen LogP contribution in [-0.4, -0.2) is 7.11 Å². The molecule has 2 N–H and O–H groups in total. The van der Waals surface area contributed by atoms with Gasteiger partial charge >= 0.3 is 12.4 Å². The summed E-state index contributed by atoms with van der Waals surface area (Å²) in [5, 5.41) is 0. The number of anilines is 1. The Morgan fingerprint density at radius 2 is 1.53 bits per heavy atom. The van der Waals surface area contributed by atoms with Crippen molar-refractivity contribution in [1.29, 1.82) is 0 Å². The second kappa shape index (κ2) is 4.01. The van der Waals surface area contributed by atoms with Crippen LogP contribution in [0.5, 0.6) is 5.75 Å². The van der Waals surface area contributed by atoms with E-state index in [1.54, 1.807) is 0 Å². The molecule has 0 aliphatic carbocycles. The van der Waals surface area contributed by atoms with Crippen LogP contribution in [0.1, 0.15) is 11.1 Å². The van der Waals surface area contributed by atoms with Crippen LogP contribution < -0.4 is 10.5 Å². The Bertz CT molecular complexity index is 423. The number of nitrogens with two attached hydrogens (primary N) is 1. The zero-order valence-electron chi connectivity index (χ0n) is 8.41. The summed E-state index contributed by atoms with van der Waals surface area (Å²) in [7, 11) is 0.837. The zero-order chi connectivity index (χ0) is 13.4. The van der Waals surface area contributed by atoms with E-state index in [4.69, 9.17) is 5.73 Å². The van der Waals surface area contributed by atoms with Crippen molar-refractivity contribution in [2.75, 3.05) is 12.8 Å². The average molecular weight is 259 g/mol. The first kappa shape index (κ1) is 13.5. The van der Waals surface area contributed by atoms with Crippen LogP contribution in [0.15, 0.2) is 12.1 Å². The van der Waals surface area contributed by atoms with Crippen LogP contribution in [0.3, 0.4) is 0 Å². The SMILES string of the molecule is COc1cc(N)cc(C(F)(F)F)c1C(F)(F)F. The Hall–Kier alpha value is -1.60. The average Bonchev–Trinajstić information content (AvgIpc) is 2.12. The molecule has 0 aliphatic heterocycles. The molecule has 0 amide bonds. The lowest BCUT2D eigenvalue weighted by Gasteiger charge is -2.18. The minimum atomic E-state index is -5.18. The van der Waals surface area contributed by atoms with Crippen LogP contribution in [0, 0.1) is 0 Å². The number of ether oxygens (including phenoxy) is 1. The summed E-state index contributed by atoms with van der Waals surface area (Å²) in [5.74, 6) is -0.954. The predicted octanol–water partition coefficient (Wildman–Crippen LogP) is 3.32. The molecule has 0 saturated carbocycles. The van der Waals surface area contributed by atoms with Gasteiger partial charge in [-0.1, -0.05) is 0 Å². The van der Waals surface area contributed by atoms with Gasteiger partial charge in [-0.05, 0) is 6.07 Å². The third kappa shape index (κ3) is 2.75. The van der Waals surface area contributed by atoms with Crippen LogP contribution in [0.4, 0.5) is 32.0 Å².